The van der Waals surface area contributed by atoms with Crippen LogP contribution in [0.25, 0.3) is 11.1 Å². The molecule has 1 N–H and O–H groups in total. The number of rotatable bonds is 4. The second-order valence-corrected chi connectivity index (χ2v) is 4.71. The molecule has 0 saturated carbocycles. The molecule has 0 spiro atoms. The average molecular weight is 286 g/mol. The number of fused-ring (bicyclic) bond motifs is 1. The van der Waals surface area contributed by atoms with Crippen molar-refractivity contribution in [3.63, 3.8) is 0 Å². The van der Waals surface area contributed by atoms with Gasteiger partial charge in [0.25, 0.3) is 5.91 Å². The number of carbonyl (C=O) groups excluding carboxylic acids is 1. The van der Waals surface area contributed by atoms with Gasteiger partial charge in [0, 0.05) is 13.6 Å². The SMILES string of the molecule is Cn1c(=O)oc2ccc(CCNC(=O)c3ccco3)cc21. The quantitative estimate of drug-likeness (QED) is 0.792. The summed E-state index contributed by atoms with van der Waals surface area (Å²) in [5, 5.41) is 2.78. The van der Waals surface area contributed by atoms with E-state index in [2.05, 4.69) is 5.32 Å². The Hall–Kier alpha value is -2.76. The Kier molecular flexibility index (Phi) is 3.35. The number of furan rings is 1. The lowest BCUT2D eigenvalue weighted by molar-refractivity contribution is 0.0926. The van der Waals surface area contributed by atoms with Gasteiger partial charge in [-0.25, -0.2) is 4.79 Å². The Morgan fingerprint density at radius 3 is 2.95 bits per heavy atom. The number of oxazole rings is 1. The second-order valence-electron chi connectivity index (χ2n) is 4.71. The maximum absolute atomic E-state index is 11.7. The highest BCUT2D eigenvalue weighted by molar-refractivity contribution is 5.91. The van der Waals surface area contributed by atoms with Crippen LogP contribution in [0.1, 0.15) is 16.1 Å². The molecule has 6 heteroatoms. The topological polar surface area (TPSA) is 77.4 Å². The van der Waals surface area contributed by atoms with Gasteiger partial charge in [-0.15, -0.1) is 0 Å². The van der Waals surface area contributed by atoms with E-state index in [1.165, 1.54) is 10.8 Å². The lowest BCUT2D eigenvalue weighted by Crippen LogP contribution is -2.25. The number of hydrogen-bond donors (Lipinski definition) is 1. The number of nitrogens with zero attached hydrogens (tertiary/aromatic N) is 1. The number of aromatic nitrogens is 1. The van der Waals surface area contributed by atoms with Crippen molar-refractivity contribution in [2.24, 2.45) is 7.05 Å². The lowest BCUT2D eigenvalue weighted by Gasteiger charge is -2.04. The van der Waals surface area contributed by atoms with Gasteiger partial charge in [0.2, 0.25) is 0 Å². The van der Waals surface area contributed by atoms with Gasteiger partial charge in [-0.1, -0.05) is 6.07 Å². The third-order valence-electron chi connectivity index (χ3n) is 3.30. The third kappa shape index (κ3) is 2.60. The molecule has 3 rings (SSSR count). The van der Waals surface area contributed by atoms with Gasteiger partial charge >= 0.3 is 5.76 Å². The molecule has 2 aromatic heterocycles. The first-order valence-electron chi connectivity index (χ1n) is 6.55. The molecule has 0 aliphatic heterocycles. The van der Waals surface area contributed by atoms with E-state index in [-0.39, 0.29) is 11.7 Å². The molecular weight excluding hydrogens is 272 g/mol. The predicted molar refractivity (Wildman–Crippen MR) is 76.2 cm³/mol. The van der Waals surface area contributed by atoms with Crippen LogP contribution in [0.2, 0.25) is 0 Å². The molecule has 0 saturated heterocycles. The number of amides is 1. The molecule has 0 fully saturated rings. The highest BCUT2D eigenvalue weighted by Gasteiger charge is 2.09. The van der Waals surface area contributed by atoms with Crippen LogP contribution >= 0.6 is 0 Å². The summed E-state index contributed by atoms with van der Waals surface area (Å²) < 4.78 is 11.5. The number of carbonyl (C=O) groups is 1. The summed E-state index contributed by atoms with van der Waals surface area (Å²) in [5.74, 6) is -0.326. The second kappa shape index (κ2) is 5.32. The zero-order valence-electron chi connectivity index (χ0n) is 11.5. The van der Waals surface area contributed by atoms with Gasteiger partial charge in [-0.3, -0.25) is 9.36 Å². The van der Waals surface area contributed by atoms with Crippen LogP contribution in [-0.2, 0) is 13.5 Å². The maximum Gasteiger partial charge on any atom is 0.419 e. The van der Waals surface area contributed by atoms with E-state index < -0.39 is 0 Å². The van der Waals surface area contributed by atoms with Crippen LogP contribution in [-0.4, -0.2) is 17.0 Å². The van der Waals surface area contributed by atoms with E-state index in [0.717, 1.165) is 11.1 Å². The van der Waals surface area contributed by atoms with E-state index >= 15 is 0 Å². The summed E-state index contributed by atoms with van der Waals surface area (Å²) in [6.45, 7) is 0.483. The Labute approximate surface area is 120 Å². The normalized spacial score (nSPS) is 10.9. The van der Waals surface area contributed by atoms with Crippen molar-refractivity contribution in [1.29, 1.82) is 0 Å². The smallest absolute Gasteiger partial charge is 0.419 e. The van der Waals surface area contributed by atoms with E-state index in [9.17, 15) is 9.59 Å². The zero-order valence-corrected chi connectivity index (χ0v) is 11.5. The molecule has 6 nitrogen and oxygen atoms in total. The van der Waals surface area contributed by atoms with Crippen molar-refractivity contribution in [3.05, 3.63) is 58.5 Å². The van der Waals surface area contributed by atoms with Crippen molar-refractivity contribution in [3.8, 4) is 0 Å². The average Bonchev–Trinajstić information content (AvgIpc) is 3.09. The van der Waals surface area contributed by atoms with Crippen LogP contribution < -0.4 is 11.1 Å². The Bertz CT molecular complexity index is 827. The van der Waals surface area contributed by atoms with Crippen LogP contribution in [0.3, 0.4) is 0 Å². The van der Waals surface area contributed by atoms with E-state index in [0.29, 0.717) is 24.3 Å². The van der Waals surface area contributed by atoms with Crippen LogP contribution in [0.5, 0.6) is 0 Å². The first-order valence-corrected chi connectivity index (χ1v) is 6.55. The number of hydrogen-bond acceptors (Lipinski definition) is 4. The molecule has 0 atom stereocenters. The Morgan fingerprint density at radius 2 is 2.19 bits per heavy atom. The van der Waals surface area contributed by atoms with Gasteiger partial charge < -0.3 is 14.2 Å². The lowest BCUT2D eigenvalue weighted by atomic mass is 10.1. The zero-order chi connectivity index (χ0) is 14.8. The first kappa shape index (κ1) is 13.2. The fourth-order valence-electron chi connectivity index (χ4n) is 2.14. The molecule has 0 radical (unpaired) electrons. The van der Waals surface area contributed by atoms with E-state index in [1.54, 1.807) is 25.2 Å². The molecule has 2 heterocycles. The largest absolute Gasteiger partial charge is 0.459 e. The molecule has 0 aliphatic carbocycles. The van der Waals surface area contributed by atoms with Crippen molar-refractivity contribution in [1.82, 2.24) is 9.88 Å². The van der Waals surface area contributed by atoms with Crippen molar-refractivity contribution in [2.75, 3.05) is 6.54 Å². The van der Waals surface area contributed by atoms with Gasteiger partial charge in [-0.05, 0) is 36.2 Å². The standard InChI is InChI=1S/C15H14N2O4/c1-17-11-9-10(4-5-12(11)21-15(17)19)6-7-16-14(18)13-3-2-8-20-13/h2-5,8-9H,6-7H2,1H3,(H,16,18). The fourth-order valence-corrected chi connectivity index (χ4v) is 2.14. The van der Waals surface area contributed by atoms with Crippen LogP contribution in [0.15, 0.2) is 50.2 Å². The van der Waals surface area contributed by atoms with Crippen molar-refractivity contribution < 1.29 is 13.6 Å². The number of benzene rings is 1. The summed E-state index contributed by atoms with van der Waals surface area (Å²) in [6.07, 6.45) is 2.12. The fraction of sp³-hybridized carbons (Fsp3) is 0.200. The van der Waals surface area contributed by atoms with Gasteiger partial charge in [0.1, 0.15) is 0 Å². The van der Waals surface area contributed by atoms with Gasteiger partial charge in [0.05, 0.1) is 11.8 Å². The molecule has 21 heavy (non-hydrogen) atoms. The summed E-state index contributed by atoms with van der Waals surface area (Å²) in [6, 6.07) is 8.81. The summed E-state index contributed by atoms with van der Waals surface area (Å²) in [5.41, 5.74) is 2.32. The maximum atomic E-state index is 11.7. The Balaban J connectivity index is 1.67. The van der Waals surface area contributed by atoms with E-state index in [4.69, 9.17) is 8.83 Å². The summed E-state index contributed by atoms with van der Waals surface area (Å²) in [7, 11) is 1.66. The highest BCUT2D eigenvalue weighted by Crippen LogP contribution is 2.14. The molecule has 108 valence electrons. The van der Waals surface area contributed by atoms with Gasteiger partial charge in [-0.2, -0.15) is 0 Å². The molecule has 1 amide bonds. The molecule has 0 aliphatic rings. The summed E-state index contributed by atoms with van der Waals surface area (Å²) in [4.78, 5) is 23.1. The van der Waals surface area contributed by atoms with Crippen molar-refractivity contribution >= 4 is 17.0 Å². The predicted octanol–water partition coefficient (Wildman–Crippen LogP) is 1.70. The summed E-state index contributed by atoms with van der Waals surface area (Å²) >= 11 is 0. The number of nitrogens with one attached hydrogen (secondary N) is 1. The minimum Gasteiger partial charge on any atom is -0.459 e. The van der Waals surface area contributed by atoms with Crippen LogP contribution in [0, 0.1) is 0 Å². The van der Waals surface area contributed by atoms with Crippen molar-refractivity contribution in [2.45, 2.75) is 6.42 Å². The third-order valence-corrected chi connectivity index (χ3v) is 3.30. The molecule has 0 bridgehead atoms. The molecule has 0 unspecified atom stereocenters. The first-order chi connectivity index (χ1) is 10.1. The molecule has 1 aromatic carbocycles. The minimum atomic E-state index is -0.381. The Morgan fingerprint density at radius 1 is 1.33 bits per heavy atom. The molecule has 3 aromatic rings. The van der Waals surface area contributed by atoms with Crippen LogP contribution in [0.4, 0.5) is 0 Å². The van der Waals surface area contributed by atoms with E-state index in [1.807, 2.05) is 12.1 Å². The number of aryl methyl sites for hydroxylation is 1. The highest BCUT2D eigenvalue weighted by atomic mass is 16.4. The molecular formula is C15H14N2O4. The monoisotopic (exact) mass is 286 g/mol. The van der Waals surface area contributed by atoms with Gasteiger partial charge in [0.15, 0.2) is 11.3 Å². The minimum absolute atomic E-state index is 0.239.